The molecule has 0 saturated carbocycles. The first-order valence-electron chi connectivity index (χ1n) is 13.4. The predicted molar refractivity (Wildman–Crippen MR) is 157 cm³/mol. The van der Waals surface area contributed by atoms with Crippen LogP contribution in [0.25, 0.3) is 16.6 Å². The molecule has 3 aromatic rings. The van der Waals surface area contributed by atoms with Crippen molar-refractivity contribution in [3.63, 3.8) is 0 Å². The van der Waals surface area contributed by atoms with Crippen LogP contribution < -0.4 is 0 Å². The Hall–Kier alpha value is -2.31. The number of hydrogen-bond donors (Lipinski definition) is 1. The second kappa shape index (κ2) is 11.4. The van der Waals surface area contributed by atoms with Crippen molar-refractivity contribution >= 4 is 34.7 Å². The Morgan fingerprint density at radius 1 is 0.944 bits per heavy atom. The second-order valence-electron chi connectivity index (χ2n) is 11.0. The number of benzene rings is 2. The summed E-state index contributed by atoms with van der Waals surface area (Å²) in [4.78, 5) is 3.75. The molecule has 1 heterocycles. The molecule has 0 saturated heterocycles. The molecular weight excluding hydrogens is 480 g/mol. The van der Waals surface area contributed by atoms with Crippen LogP contribution in [0.2, 0.25) is 16.6 Å². The van der Waals surface area contributed by atoms with Crippen LogP contribution in [0.1, 0.15) is 72.4 Å². The summed E-state index contributed by atoms with van der Waals surface area (Å²) in [7, 11) is -5.87. The van der Waals surface area contributed by atoms with Crippen LogP contribution >= 0.6 is 0 Å². The van der Waals surface area contributed by atoms with Crippen molar-refractivity contribution < 1.29 is 8.42 Å². The number of H-pyrrole nitrogens is 1. The monoisotopic (exact) mass is 524 g/mol. The van der Waals surface area contributed by atoms with Gasteiger partial charge in [-0.1, -0.05) is 96.5 Å². The van der Waals surface area contributed by atoms with Gasteiger partial charge in [-0.15, -0.1) is 0 Å². The van der Waals surface area contributed by atoms with Crippen LogP contribution in [0.4, 0.5) is 0 Å². The van der Waals surface area contributed by atoms with Gasteiger partial charge >= 0.3 is 0 Å². The van der Waals surface area contributed by atoms with E-state index in [1.165, 1.54) is 0 Å². The van der Waals surface area contributed by atoms with E-state index in [1.807, 2.05) is 37.4 Å². The fourth-order valence-corrected chi connectivity index (χ4v) is 13.2. The number of nitrogens with one attached hydrogen (secondary N) is 1. The Morgan fingerprint density at radius 2 is 1.53 bits per heavy atom. The molecule has 0 amide bonds. The highest BCUT2D eigenvalue weighted by atomic mass is 32.2. The Labute approximate surface area is 219 Å². The van der Waals surface area contributed by atoms with E-state index in [9.17, 15) is 8.42 Å². The van der Waals surface area contributed by atoms with Crippen molar-refractivity contribution in [1.29, 1.82) is 0 Å². The zero-order valence-electron chi connectivity index (χ0n) is 23.3. The highest BCUT2D eigenvalue weighted by molar-refractivity contribution is 7.89. The summed E-state index contributed by atoms with van der Waals surface area (Å²) < 4.78 is 30.3. The number of aromatic nitrogens is 1. The molecule has 0 fully saturated rings. The summed E-state index contributed by atoms with van der Waals surface area (Å²) in [6.07, 6.45) is 3.72. The maximum absolute atomic E-state index is 14.3. The Balaban J connectivity index is 2.39. The molecule has 0 unspecified atom stereocenters. The standard InChI is InChI=1S/C30H44N2O2SSi/c1-9-10-19-32(35(33,34)26-17-15-25(8)16-18-26)30(21-36(22(2)3,23(4)5)24(6)7)28-20-31-29-14-12-11-13-27(28)29/h11-18,20-24,31H,9-10,19H2,1-8H3/b30-21-. The van der Waals surface area contributed by atoms with Crippen LogP contribution in [0, 0.1) is 6.92 Å². The molecule has 196 valence electrons. The van der Waals surface area contributed by atoms with Crippen molar-refractivity contribution in [2.24, 2.45) is 0 Å². The van der Waals surface area contributed by atoms with Gasteiger partial charge in [-0.25, -0.2) is 8.42 Å². The Bertz CT molecular complexity index is 1270. The van der Waals surface area contributed by atoms with E-state index in [2.05, 4.69) is 71.3 Å². The van der Waals surface area contributed by atoms with Crippen LogP contribution in [0.15, 0.2) is 65.3 Å². The van der Waals surface area contributed by atoms with Gasteiger partial charge in [-0.05, 0) is 48.2 Å². The summed E-state index contributed by atoms with van der Waals surface area (Å²) in [6, 6.07) is 15.4. The van der Waals surface area contributed by atoms with Gasteiger partial charge in [0.2, 0.25) is 0 Å². The Kier molecular flexibility index (Phi) is 8.94. The minimum absolute atomic E-state index is 0.348. The normalized spacial score (nSPS) is 13.4. The maximum Gasteiger partial charge on any atom is 0.264 e. The molecule has 3 rings (SSSR count). The van der Waals surface area contributed by atoms with Gasteiger partial charge in [0, 0.05) is 29.2 Å². The van der Waals surface area contributed by atoms with Gasteiger partial charge in [0.05, 0.1) is 18.7 Å². The number of sulfonamides is 1. The molecule has 0 spiro atoms. The predicted octanol–water partition coefficient (Wildman–Crippen LogP) is 8.53. The number of rotatable bonds is 11. The van der Waals surface area contributed by atoms with E-state index in [0.717, 1.165) is 40.6 Å². The largest absolute Gasteiger partial charge is 0.360 e. The van der Waals surface area contributed by atoms with Gasteiger partial charge in [0.25, 0.3) is 10.0 Å². The van der Waals surface area contributed by atoms with E-state index >= 15 is 0 Å². The molecule has 6 heteroatoms. The number of fused-ring (bicyclic) bond motifs is 1. The third-order valence-corrected chi connectivity index (χ3v) is 16.4. The van der Waals surface area contributed by atoms with Gasteiger partial charge in [0.1, 0.15) is 0 Å². The lowest BCUT2D eigenvalue weighted by molar-refractivity contribution is 0.499. The lowest BCUT2D eigenvalue weighted by Gasteiger charge is -2.42. The first-order valence-corrected chi connectivity index (χ1v) is 17.1. The Morgan fingerprint density at radius 3 is 2.08 bits per heavy atom. The number of aryl methyl sites for hydroxylation is 1. The average Bonchev–Trinajstić information content (AvgIpc) is 3.24. The minimum atomic E-state index is -3.76. The molecule has 36 heavy (non-hydrogen) atoms. The number of nitrogens with zero attached hydrogens (tertiary/aromatic N) is 1. The van der Waals surface area contributed by atoms with Crippen LogP contribution in [0.5, 0.6) is 0 Å². The lowest BCUT2D eigenvalue weighted by atomic mass is 10.1. The summed E-state index contributed by atoms with van der Waals surface area (Å²) in [5.41, 5.74) is 7.71. The smallest absolute Gasteiger partial charge is 0.264 e. The highest BCUT2D eigenvalue weighted by Gasteiger charge is 2.43. The van der Waals surface area contributed by atoms with E-state index in [-0.39, 0.29) is 0 Å². The van der Waals surface area contributed by atoms with Crippen molar-refractivity contribution in [3.8, 4) is 0 Å². The van der Waals surface area contributed by atoms with E-state index in [1.54, 1.807) is 16.4 Å². The topological polar surface area (TPSA) is 53.2 Å². The molecule has 2 aromatic carbocycles. The summed E-state index contributed by atoms with van der Waals surface area (Å²) in [5, 5.41) is 1.06. The first-order chi connectivity index (χ1) is 17.0. The zero-order chi connectivity index (χ0) is 26.7. The van der Waals surface area contributed by atoms with Gasteiger partial charge in [0.15, 0.2) is 0 Å². The van der Waals surface area contributed by atoms with Crippen molar-refractivity contribution in [3.05, 3.63) is 71.6 Å². The number of hydrogen-bond acceptors (Lipinski definition) is 2. The quantitative estimate of drug-likeness (QED) is 0.256. The molecule has 1 aromatic heterocycles. The maximum atomic E-state index is 14.3. The number of unbranched alkanes of at least 4 members (excludes halogenated alkanes) is 1. The van der Waals surface area contributed by atoms with E-state index < -0.39 is 18.1 Å². The van der Waals surface area contributed by atoms with Crippen LogP contribution in [-0.4, -0.2) is 32.3 Å². The molecule has 4 nitrogen and oxygen atoms in total. The van der Waals surface area contributed by atoms with Crippen molar-refractivity contribution in [1.82, 2.24) is 9.29 Å². The molecule has 0 atom stereocenters. The fourth-order valence-electron chi connectivity index (χ4n) is 5.81. The number of aromatic amines is 1. The first kappa shape index (κ1) is 28.3. The molecule has 0 aliphatic heterocycles. The van der Waals surface area contributed by atoms with Crippen LogP contribution in [0.3, 0.4) is 0 Å². The average molecular weight is 525 g/mol. The second-order valence-corrected chi connectivity index (χ2v) is 18.6. The SMILES string of the molecule is CCCCN(/C(=C\[Si](C(C)C)(C(C)C)C(C)C)c1c[nH]c2ccccc12)S(=O)(=O)c1ccc(C)cc1. The lowest BCUT2D eigenvalue weighted by Crippen LogP contribution is -2.44. The van der Waals surface area contributed by atoms with E-state index in [4.69, 9.17) is 0 Å². The van der Waals surface area contributed by atoms with E-state index in [0.29, 0.717) is 28.1 Å². The molecule has 0 radical (unpaired) electrons. The molecule has 0 aliphatic carbocycles. The van der Waals surface area contributed by atoms with Gasteiger partial charge in [-0.2, -0.15) is 0 Å². The van der Waals surface area contributed by atoms with Crippen molar-refractivity contribution in [2.75, 3.05) is 6.54 Å². The summed E-state index contributed by atoms with van der Waals surface area (Å²) in [5.74, 6) is 0. The van der Waals surface area contributed by atoms with Crippen LogP contribution in [-0.2, 0) is 10.0 Å². The summed E-state index contributed by atoms with van der Waals surface area (Å²) >= 11 is 0. The molecular formula is C30H44N2O2SSi. The minimum Gasteiger partial charge on any atom is -0.360 e. The third-order valence-electron chi connectivity index (χ3n) is 7.84. The van der Waals surface area contributed by atoms with Crippen molar-refractivity contribution in [2.45, 2.75) is 89.8 Å². The molecule has 0 bridgehead atoms. The summed E-state index contributed by atoms with van der Waals surface area (Å²) in [6.45, 7) is 18.5. The number of para-hydroxylation sites is 1. The van der Waals surface area contributed by atoms with Gasteiger partial charge < -0.3 is 4.98 Å². The molecule has 1 N–H and O–H groups in total. The zero-order valence-corrected chi connectivity index (χ0v) is 25.1. The molecule has 0 aliphatic rings. The third kappa shape index (κ3) is 5.35. The van der Waals surface area contributed by atoms with Gasteiger partial charge in [-0.3, -0.25) is 4.31 Å². The fraction of sp³-hybridized carbons (Fsp3) is 0.467. The highest BCUT2D eigenvalue weighted by Crippen LogP contribution is 2.45.